The van der Waals surface area contributed by atoms with Crippen LogP contribution in [-0.2, 0) is 0 Å². The van der Waals surface area contributed by atoms with Crippen LogP contribution in [0.5, 0.6) is 5.88 Å². The average Bonchev–Trinajstić information content (AvgIpc) is 2.30. The van der Waals surface area contributed by atoms with Crippen LogP contribution in [0.4, 0.5) is 5.82 Å². The van der Waals surface area contributed by atoms with Crippen LogP contribution in [-0.4, -0.2) is 47.7 Å². The zero-order valence-corrected chi connectivity index (χ0v) is 12.2. The molecule has 0 unspecified atom stereocenters. The lowest BCUT2D eigenvalue weighted by molar-refractivity contribution is 0.110. The summed E-state index contributed by atoms with van der Waals surface area (Å²) in [5.41, 5.74) is 0.921. The number of likely N-dealkylation sites (N-methyl/N-ethyl adjacent to an activating group) is 1. The highest BCUT2D eigenvalue weighted by Gasteiger charge is 2.22. The molecule has 0 saturated carbocycles. The molecule has 1 aromatic rings. The Hall–Kier alpha value is -1.36. The molecule has 0 bridgehead atoms. The Morgan fingerprint density at radius 3 is 2.56 bits per heavy atom. The highest BCUT2D eigenvalue weighted by molar-refractivity contribution is 5.47. The smallest absolute Gasteiger partial charge is 0.221 e. The maximum Gasteiger partial charge on any atom is 0.221 e. The van der Waals surface area contributed by atoms with Crippen molar-refractivity contribution in [2.24, 2.45) is 0 Å². The van der Waals surface area contributed by atoms with Crippen LogP contribution >= 0.6 is 0 Å². The molecule has 0 fully saturated rings. The van der Waals surface area contributed by atoms with Crippen molar-refractivity contribution in [2.75, 3.05) is 32.6 Å². The molecule has 0 atom stereocenters. The van der Waals surface area contributed by atoms with Gasteiger partial charge in [-0.1, -0.05) is 0 Å². The van der Waals surface area contributed by atoms with E-state index in [9.17, 15) is 0 Å². The van der Waals surface area contributed by atoms with E-state index in [1.54, 1.807) is 0 Å². The van der Waals surface area contributed by atoms with E-state index in [1.807, 2.05) is 27.9 Å². The van der Waals surface area contributed by atoms with E-state index in [1.165, 1.54) is 6.33 Å². The highest BCUT2D eigenvalue weighted by atomic mass is 16.5. The molecular weight excluding hydrogens is 228 g/mol. The third-order valence-corrected chi connectivity index (χ3v) is 3.15. The van der Waals surface area contributed by atoms with Gasteiger partial charge in [0.05, 0.1) is 5.56 Å². The summed E-state index contributed by atoms with van der Waals surface area (Å²) < 4.78 is 5.82. The number of ether oxygens (including phenoxy) is 1. The van der Waals surface area contributed by atoms with Crippen LogP contribution < -0.4 is 10.1 Å². The molecule has 1 rings (SSSR count). The molecule has 1 heterocycles. The van der Waals surface area contributed by atoms with E-state index >= 15 is 0 Å². The van der Waals surface area contributed by atoms with Gasteiger partial charge in [0.2, 0.25) is 5.88 Å². The second-order valence-corrected chi connectivity index (χ2v) is 5.18. The minimum absolute atomic E-state index is 0.0320. The van der Waals surface area contributed by atoms with Gasteiger partial charge in [0.15, 0.2) is 0 Å². The summed E-state index contributed by atoms with van der Waals surface area (Å²) in [4.78, 5) is 10.5. The van der Waals surface area contributed by atoms with E-state index in [2.05, 4.69) is 34.0 Å². The summed E-state index contributed by atoms with van der Waals surface area (Å²) in [6.45, 7) is 9.70. The van der Waals surface area contributed by atoms with Crippen LogP contribution in [0.25, 0.3) is 0 Å². The van der Waals surface area contributed by atoms with Crippen molar-refractivity contribution < 1.29 is 4.74 Å². The molecule has 0 spiro atoms. The first-order valence-corrected chi connectivity index (χ1v) is 6.24. The van der Waals surface area contributed by atoms with E-state index in [0.29, 0.717) is 12.5 Å². The Morgan fingerprint density at radius 1 is 1.33 bits per heavy atom. The van der Waals surface area contributed by atoms with Gasteiger partial charge in [-0.05, 0) is 41.8 Å². The summed E-state index contributed by atoms with van der Waals surface area (Å²) in [6.07, 6.45) is 1.53. The van der Waals surface area contributed by atoms with E-state index in [-0.39, 0.29) is 5.54 Å². The molecular formula is C13H24N4O. The maximum absolute atomic E-state index is 5.82. The summed E-state index contributed by atoms with van der Waals surface area (Å²) >= 11 is 0. The van der Waals surface area contributed by atoms with Crippen LogP contribution in [0.2, 0.25) is 0 Å². The fourth-order valence-electron chi connectivity index (χ4n) is 1.30. The Bertz CT molecular complexity index is 391. The quantitative estimate of drug-likeness (QED) is 0.838. The van der Waals surface area contributed by atoms with E-state index in [0.717, 1.165) is 17.9 Å². The normalized spacial score (nSPS) is 11.7. The van der Waals surface area contributed by atoms with Gasteiger partial charge in [-0.3, -0.25) is 0 Å². The van der Waals surface area contributed by atoms with Crippen LogP contribution in [0.15, 0.2) is 6.33 Å². The molecule has 1 aromatic heterocycles. The molecule has 18 heavy (non-hydrogen) atoms. The third kappa shape index (κ3) is 3.57. The molecule has 5 heteroatoms. The number of hydrogen-bond donors (Lipinski definition) is 1. The molecule has 1 N–H and O–H groups in total. The van der Waals surface area contributed by atoms with Crippen LogP contribution in [0.3, 0.4) is 0 Å². The molecule has 0 aliphatic heterocycles. The number of anilines is 1. The lowest BCUT2D eigenvalue weighted by Gasteiger charge is -2.32. The van der Waals surface area contributed by atoms with Crippen molar-refractivity contribution in [3.05, 3.63) is 11.9 Å². The lowest BCUT2D eigenvalue weighted by Crippen LogP contribution is -2.43. The van der Waals surface area contributed by atoms with Crippen molar-refractivity contribution >= 4 is 5.82 Å². The predicted octanol–water partition coefficient (Wildman–Crippen LogP) is 1.94. The zero-order valence-electron chi connectivity index (χ0n) is 12.2. The standard InChI is InChI=1S/C13H24N4O/c1-7-14-11-10(2)12(16-9-15-11)18-8-13(3,4)17(5)6/h9H,7-8H2,1-6H3,(H,14,15,16). The minimum Gasteiger partial charge on any atom is -0.475 e. The maximum atomic E-state index is 5.82. The third-order valence-electron chi connectivity index (χ3n) is 3.15. The van der Waals surface area contributed by atoms with Crippen molar-refractivity contribution in [3.8, 4) is 5.88 Å². The SMILES string of the molecule is CCNc1ncnc(OCC(C)(C)N(C)C)c1C. The van der Waals surface area contributed by atoms with E-state index in [4.69, 9.17) is 4.74 Å². The monoisotopic (exact) mass is 252 g/mol. The van der Waals surface area contributed by atoms with Gasteiger partial charge in [0.25, 0.3) is 0 Å². The van der Waals surface area contributed by atoms with Crippen molar-refractivity contribution in [3.63, 3.8) is 0 Å². The second-order valence-electron chi connectivity index (χ2n) is 5.18. The topological polar surface area (TPSA) is 50.3 Å². The van der Waals surface area contributed by atoms with Crippen molar-refractivity contribution in [1.82, 2.24) is 14.9 Å². The first-order chi connectivity index (χ1) is 8.38. The Kier molecular flexibility index (Phi) is 4.90. The van der Waals surface area contributed by atoms with Gasteiger partial charge < -0.3 is 15.0 Å². The zero-order chi connectivity index (χ0) is 13.8. The largest absolute Gasteiger partial charge is 0.475 e. The summed E-state index contributed by atoms with van der Waals surface area (Å²) in [6, 6.07) is 0. The highest BCUT2D eigenvalue weighted by Crippen LogP contribution is 2.21. The van der Waals surface area contributed by atoms with Gasteiger partial charge in [0.1, 0.15) is 18.8 Å². The van der Waals surface area contributed by atoms with Gasteiger partial charge in [-0.15, -0.1) is 0 Å². The Balaban J connectivity index is 2.77. The second kappa shape index (κ2) is 6.00. The van der Waals surface area contributed by atoms with E-state index < -0.39 is 0 Å². The first-order valence-electron chi connectivity index (χ1n) is 6.24. The first kappa shape index (κ1) is 14.7. The summed E-state index contributed by atoms with van der Waals surface area (Å²) in [5.74, 6) is 1.49. The number of nitrogens with one attached hydrogen (secondary N) is 1. The van der Waals surface area contributed by atoms with Crippen LogP contribution in [0, 0.1) is 6.92 Å². The molecule has 0 aromatic carbocycles. The Morgan fingerprint density at radius 2 is 2.00 bits per heavy atom. The van der Waals surface area contributed by atoms with Gasteiger partial charge >= 0.3 is 0 Å². The molecule has 0 aliphatic carbocycles. The molecule has 0 amide bonds. The molecule has 5 nitrogen and oxygen atoms in total. The van der Waals surface area contributed by atoms with Crippen molar-refractivity contribution in [2.45, 2.75) is 33.2 Å². The molecule has 0 saturated heterocycles. The Labute approximate surface area is 110 Å². The lowest BCUT2D eigenvalue weighted by atomic mass is 10.1. The number of nitrogens with zero attached hydrogens (tertiary/aromatic N) is 3. The summed E-state index contributed by atoms with van der Waals surface area (Å²) in [5, 5.41) is 3.19. The molecule has 0 radical (unpaired) electrons. The fourth-order valence-corrected chi connectivity index (χ4v) is 1.30. The summed E-state index contributed by atoms with van der Waals surface area (Å²) in [7, 11) is 4.08. The number of aromatic nitrogens is 2. The van der Waals surface area contributed by atoms with Gasteiger partial charge in [-0.2, -0.15) is 0 Å². The van der Waals surface area contributed by atoms with Crippen LogP contribution in [0.1, 0.15) is 26.3 Å². The predicted molar refractivity (Wildman–Crippen MR) is 74.2 cm³/mol. The van der Waals surface area contributed by atoms with Gasteiger partial charge in [-0.25, -0.2) is 9.97 Å². The number of hydrogen-bond acceptors (Lipinski definition) is 5. The average molecular weight is 252 g/mol. The molecule has 0 aliphatic rings. The van der Waals surface area contributed by atoms with Crippen molar-refractivity contribution in [1.29, 1.82) is 0 Å². The minimum atomic E-state index is -0.0320. The fraction of sp³-hybridized carbons (Fsp3) is 0.692. The van der Waals surface area contributed by atoms with Gasteiger partial charge in [0, 0.05) is 12.1 Å². The molecule has 102 valence electrons. The number of rotatable bonds is 6.